The highest BCUT2D eigenvalue weighted by Gasteiger charge is 2.21. The highest BCUT2D eigenvalue weighted by molar-refractivity contribution is 5.73. The van der Waals surface area contributed by atoms with Gasteiger partial charge in [-0.3, -0.25) is 9.69 Å². The first kappa shape index (κ1) is 11.0. The zero-order valence-electron chi connectivity index (χ0n) is 7.58. The van der Waals surface area contributed by atoms with E-state index >= 15 is 0 Å². The number of hydrogen-bond acceptors (Lipinski definition) is 2. The molecule has 0 aromatic rings. The molecule has 0 aliphatic carbocycles. The maximum atomic E-state index is 10.7. The molecule has 0 aromatic carbocycles. The second-order valence-corrected chi connectivity index (χ2v) is 2.48. The van der Waals surface area contributed by atoms with Crippen molar-refractivity contribution < 1.29 is 9.90 Å². The monoisotopic (exact) mass is 169 g/mol. The summed E-state index contributed by atoms with van der Waals surface area (Å²) < 4.78 is 0. The molecule has 0 rings (SSSR count). The molecule has 0 saturated heterocycles. The number of aliphatic carboxylic acids is 1. The van der Waals surface area contributed by atoms with Crippen LogP contribution in [0.3, 0.4) is 0 Å². The molecule has 0 aliphatic heterocycles. The van der Waals surface area contributed by atoms with E-state index in [4.69, 9.17) is 11.5 Å². The standard InChI is InChI=1S/C9H15NO2/c1-4-7-8(9(11)12)10(5-2)6-3/h1,8H,5-7H2,2-3H3,(H,11,12). The molecule has 0 heterocycles. The molecule has 0 radical (unpaired) electrons. The van der Waals surface area contributed by atoms with Crippen LogP contribution in [-0.4, -0.2) is 35.1 Å². The van der Waals surface area contributed by atoms with Gasteiger partial charge in [0.2, 0.25) is 0 Å². The van der Waals surface area contributed by atoms with Crippen LogP contribution in [0.1, 0.15) is 20.3 Å². The van der Waals surface area contributed by atoms with Gasteiger partial charge in [-0.05, 0) is 13.1 Å². The van der Waals surface area contributed by atoms with E-state index < -0.39 is 12.0 Å². The van der Waals surface area contributed by atoms with Gasteiger partial charge in [-0.25, -0.2) is 0 Å². The molecule has 12 heavy (non-hydrogen) atoms. The Hall–Kier alpha value is -1.01. The lowest BCUT2D eigenvalue weighted by Crippen LogP contribution is -2.40. The summed E-state index contributed by atoms with van der Waals surface area (Å²) in [6, 6.07) is -0.523. The first-order valence-corrected chi connectivity index (χ1v) is 4.07. The predicted molar refractivity (Wildman–Crippen MR) is 47.8 cm³/mol. The Kier molecular flexibility index (Phi) is 5.14. The Morgan fingerprint density at radius 2 is 2.08 bits per heavy atom. The lowest BCUT2D eigenvalue weighted by atomic mass is 10.2. The van der Waals surface area contributed by atoms with Gasteiger partial charge >= 0.3 is 5.97 Å². The van der Waals surface area contributed by atoms with Crippen LogP contribution in [0.2, 0.25) is 0 Å². The first-order valence-electron chi connectivity index (χ1n) is 4.07. The maximum Gasteiger partial charge on any atom is 0.321 e. The Balaban J connectivity index is 4.27. The van der Waals surface area contributed by atoms with Crippen LogP contribution in [0.5, 0.6) is 0 Å². The zero-order valence-corrected chi connectivity index (χ0v) is 7.58. The summed E-state index contributed by atoms with van der Waals surface area (Å²) in [5.41, 5.74) is 0. The number of likely N-dealkylation sites (N-methyl/N-ethyl adjacent to an activating group) is 1. The molecule has 1 atom stereocenters. The van der Waals surface area contributed by atoms with Crippen molar-refractivity contribution in [3.05, 3.63) is 0 Å². The Morgan fingerprint density at radius 1 is 1.58 bits per heavy atom. The average molecular weight is 169 g/mol. The van der Waals surface area contributed by atoms with Gasteiger partial charge in [0.05, 0.1) is 0 Å². The van der Waals surface area contributed by atoms with Crippen molar-refractivity contribution in [1.82, 2.24) is 4.90 Å². The third kappa shape index (κ3) is 2.93. The molecule has 0 fully saturated rings. The molecule has 0 spiro atoms. The van der Waals surface area contributed by atoms with Crippen LogP contribution < -0.4 is 0 Å². The Morgan fingerprint density at radius 3 is 2.33 bits per heavy atom. The third-order valence-corrected chi connectivity index (χ3v) is 1.85. The maximum absolute atomic E-state index is 10.7. The van der Waals surface area contributed by atoms with Gasteiger partial charge < -0.3 is 5.11 Å². The van der Waals surface area contributed by atoms with E-state index in [0.29, 0.717) is 0 Å². The summed E-state index contributed by atoms with van der Waals surface area (Å²) in [6.45, 7) is 5.29. The van der Waals surface area contributed by atoms with Gasteiger partial charge in [0.25, 0.3) is 0 Å². The molecule has 0 amide bonds. The van der Waals surface area contributed by atoms with E-state index in [1.807, 2.05) is 18.7 Å². The molecular formula is C9H15NO2. The highest BCUT2D eigenvalue weighted by Crippen LogP contribution is 2.03. The number of rotatable bonds is 5. The van der Waals surface area contributed by atoms with Gasteiger partial charge in [-0.2, -0.15) is 0 Å². The van der Waals surface area contributed by atoms with Crippen molar-refractivity contribution >= 4 is 5.97 Å². The number of carboxylic acids is 1. The first-order chi connectivity index (χ1) is 5.67. The molecular weight excluding hydrogens is 154 g/mol. The zero-order chi connectivity index (χ0) is 9.56. The summed E-state index contributed by atoms with van der Waals surface area (Å²) in [4.78, 5) is 12.5. The molecule has 0 saturated carbocycles. The van der Waals surface area contributed by atoms with Crippen molar-refractivity contribution in [3.8, 4) is 12.3 Å². The fraction of sp³-hybridized carbons (Fsp3) is 0.667. The number of nitrogens with zero attached hydrogens (tertiary/aromatic N) is 1. The van der Waals surface area contributed by atoms with E-state index in [1.165, 1.54) is 0 Å². The number of carboxylic acid groups (broad SMARTS) is 1. The molecule has 68 valence electrons. The molecule has 1 N–H and O–H groups in total. The van der Waals surface area contributed by atoms with E-state index in [-0.39, 0.29) is 6.42 Å². The van der Waals surface area contributed by atoms with Gasteiger partial charge in [-0.1, -0.05) is 13.8 Å². The van der Waals surface area contributed by atoms with Crippen LogP contribution in [0.4, 0.5) is 0 Å². The minimum absolute atomic E-state index is 0.275. The summed E-state index contributed by atoms with van der Waals surface area (Å²) in [6.07, 6.45) is 5.35. The van der Waals surface area contributed by atoms with Crippen LogP contribution >= 0.6 is 0 Å². The van der Waals surface area contributed by atoms with E-state index in [2.05, 4.69) is 5.92 Å². The topological polar surface area (TPSA) is 40.5 Å². The predicted octanol–water partition coefficient (Wildman–Crippen LogP) is 0.805. The molecule has 0 aromatic heterocycles. The Bertz CT molecular complexity index is 179. The quantitative estimate of drug-likeness (QED) is 0.619. The smallest absolute Gasteiger partial charge is 0.321 e. The number of carbonyl (C=O) groups is 1. The lowest BCUT2D eigenvalue weighted by molar-refractivity contribution is -0.143. The molecule has 1 unspecified atom stereocenters. The summed E-state index contributed by atoms with van der Waals surface area (Å²) in [5, 5.41) is 8.80. The molecule has 0 bridgehead atoms. The van der Waals surface area contributed by atoms with Crippen LogP contribution in [0, 0.1) is 12.3 Å². The fourth-order valence-electron chi connectivity index (χ4n) is 1.15. The number of hydrogen-bond donors (Lipinski definition) is 1. The van der Waals surface area contributed by atoms with E-state index in [9.17, 15) is 4.79 Å². The fourth-order valence-corrected chi connectivity index (χ4v) is 1.15. The highest BCUT2D eigenvalue weighted by atomic mass is 16.4. The average Bonchev–Trinajstić information content (AvgIpc) is 2.05. The third-order valence-electron chi connectivity index (χ3n) is 1.85. The minimum atomic E-state index is -0.836. The van der Waals surface area contributed by atoms with Gasteiger partial charge in [0.15, 0.2) is 0 Å². The minimum Gasteiger partial charge on any atom is -0.480 e. The van der Waals surface area contributed by atoms with Gasteiger partial charge in [0.1, 0.15) is 6.04 Å². The van der Waals surface area contributed by atoms with Gasteiger partial charge in [0, 0.05) is 6.42 Å². The largest absolute Gasteiger partial charge is 0.480 e. The van der Waals surface area contributed by atoms with Gasteiger partial charge in [-0.15, -0.1) is 12.3 Å². The number of terminal acetylenes is 1. The van der Waals surface area contributed by atoms with Crippen molar-refractivity contribution in [1.29, 1.82) is 0 Å². The van der Waals surface area contributed by atoms with Crippen molar-refractivity contribution in [2.45, 2.75) is 26.3 Å². The normalized spacial score (nSPS) is 12.5. The van der Waals surface area contributed by atoms with Crippen LogP contribution in [0.15, 0.2) is 0 Å². The molecule has 0 aliphatic rings. The van der Waals surface area contributed by atoms with Crippen LogP contribution in [0.25, 0.3) is 0 Å². The summed E-state index contributed by atoms with van der Waals surface area (Å²) in [5.74, 6) is 1.54. The van der Waals surface area contributed by atoms with E-state index in [1.54, 1.807) is 0 Å². The summed E-state index contributed by atoms with van der Waals surface area (Å²) >= 11 is 0. The lowest BCUT2D eigenvalue weighted by Gasteiger charge is -2.24. The van der Waals surface area contributed by atoms with Crippen LogP contribution in [-0.2, 0) is 4.79 Å². The second kappa shape index (κ2) is 5.62. The SMILES string of the molecule is C#CCC(C(=O)O)N(CC)CC. The summed E-state index contributed by atoms with van der Waals surface area (Å²) in [7, 11) is 0. The second-order valence-electron chi connectivity index (χ2n) is 2.48. The van der Waals surface area contributed by atoms with E-state index in [0.717, 1.165) is 13.1 Å². The van der Waals surface area contributed by atoms with Crippen molar-refractivity contribution in [2.75, 3.05) is 13.1 Å². The van der Waals surface area contributed by atoms with Crippen molar-refractivity contribution in [2.24, 2.45) is 0 Å². The molecule has 3 nitrogen and oxygen atoms in total. The molecule has 3 heteroatoms. The van der Waals surface area contributed by atoms with Crippen molar-refractivity contribution in [3.63, 3.8) is 0 Å². The Labute approximate surface area is 73.4 Å².